The summed E-state index contributed by atoms with van der Waals surface area (Å²) in [6.45, 7) is 1.66. The van der Waals surface area contributed by atoms with Gasteiger partial charge in [-0.05, 0) is 93.4 Å². The van der Waals surface area contributed by atoms with Crippen LogP contribution in [-0.4, -0.2) is 35.8 Å². The first-order chi connectivity index (χ1) is 13.5. The quantitative estimate of drug-likeness (QED) is 0.820. The van der Waals surface area contributed by atoms with Crippen molar-refractivity contribution < 1.29 is 9.59 Å². The molecule has 1 N–H and O–H groups in total. The second-order valence-electron chi connectivity index (χ2n) is 9.73. The van der Waals surface area contributed by atoms with Crippen LogP contribution < -0.4 is 5.32 Å². The number of amides is 2. The van der Waals surface area contributed by atoms with Crippen LogP contribution in [0.2, 0.25) is 5.02 Å². The van der Waals surface area contributed by atoms with E-state index in [-0.39, 0.29) is 23.3 Å². The van der Waals surface area contributed by atoms with Gasteiger partial charge < -0.3 is 10.2 Å². The summed E-state index contributed by atoms with van der Waals surface area (Å²) in [6.07, 6.45) is 9.44. The first kappa shape index (κ1) is 18.5. The summed E-state index contributed by atoms with van der Waals surface area (Å²) in [4.78, 5) is 28.6. The monoisotopic (exact) mass is 400 g/mol. The third-order valence-electron chi connectivity index (χ3n) is 7.74. The molecule has 28 heavy (non-hydrogen) atoms. The normalized spacial score (nSPS) is 34.5. The molecule has 1 atom stereocenters. The number of benzene rings is 1. The molecule has 0 radical (unpaired) electrons. The zero-order chi connectivity index (χ0) is 19.3. The Hall–Kier alpha value is -1.55. The van der Waals surface area contributed by atoms with Gasteiger partial charge in [-0.3, -0.25) is 9.59 Å². The van der Waals surface area contributed by atoms with Crippen molar-refractivity contribution in [2.24, 2.45) is 23.2 Å². The summed E-state index contributed by atoms with van der Waals surface area (Å²) >= 11 is 5.98. The van der Waals surface area contributed by atoms with Crippen molar-refractivity contribution in [3.05, 3.63) is 34.9 Å². The lowest BCUT2D eigenvalue weighted by Gasteiger charge is -2.59. The number of hydrogen-bond acceptors (Lipinski definition) is 2. The van der Waals surface area contributed by atoms with Gasteiger partial charge in [0.2, 0.25) is 5.91 Å². The van der Waals surface area contributed by atoms with Crippen molar-refractivity contribution in [2.75, 3.05) is 13.1 Å². The van der Waals surface area contributed by atoms with Crippen molar-refractivity contribution in [1.82, 2.24) is 10.2 Å². The molecule has 4 saturated carbocycles. The topological polar surface area (TPSA) is 49.4 Å². The highest BCUT2D eigenvalue weighted by molar-refractivity contribution is 6.30. The third-order valence-corrected chi connectivity index (χ3v) is 8.00. The van der Waals surface area contributed by atoms with Crippen LogP contribution in [0.15, 0.2) is 24.3 Å². The van der Waals surface area contributed by atoms with Crippen LogP contribution in [0, 0.1) is 23.2 Å². The number of nitrogens with zero attached hydrogens (tertiary/aromatic N) is 1. The lowest BCUT2D eigenvalue weighted by molar-refractivity contribution is -0.143. The van der Waals surface area contributed by atoms with Gasteiger partial charge in [-0.25, -0.2) is 0 Å². The lowest BCUT2D eigenvalue weighted by atomic mass is 9.47. The fraction of sp³-hybridized carbons (Fsp3) is 0.652. The van der Waals surface area contributed by atoms with E-state index in [9.17, 15) is 9.59 Å². The molecule has 0 aromatic heterocycles. The van der Waals surface area contributed by atoms with Crippen molar-refractivity contribution >= 4 is 23.4 Å². The number of nitrogens with one attached hydrogen (secondary N) is 1. The van der Waals surface area contributed by atoms with Crippen LogP contribution in [0.25, 0.3) is 0 Å². The average molecular weight is 401 g/mol. The Morgan fingerprint density at radius 3 is 2.04 bits per heavy atom. The largest absolute Gasteiger partial charge is 0.341 e. The number of carbonyl (C=O) groups excluding carboxylic acids is 2. The van der Waals surface area contributed by atoms with Crippen molar-refractivity contribution in [3.8, 4) is 0 Å². The Morgan fingerprint density at radius 1 is 0.964 bits per heavy atom. The molecule has 5 fully saturated rings. The van der Waals surface area contributed by atoms with Crippen molar-refractivity contribution in [2.45, 2.75) is 57.4 Å². The first-order valence-electron chi connectivity index (χ1n) is 10.9. The number of hydrogen-bond donors (Lipinski definition) is 1. The zero-order valence-electron chi connectivity index (χ0n) is 16.3. The van der Waals surface area contributed by atoms with E-state index in [2.05, 4.69) is 5.32 Å². The van der Waals surface area contributed by atoms with E-state index in [0.29, 0.717) is 10.6 Å². The maximum absolute atomic E-state index is 13.6. The standard InChI is InChI=1S/C23H29ClN2O2/c24-19-5-3-18(4-6-19)21(27)25-20(22(28)26-7-1-2-8-26)23-12-15-9-16(13-23)11-17(10-15)14-23/h3-6,15-17,20H,1-2,7-14H2,(H,25,27). The van der Waals surface area contributed by atoms with E-state index in [1.54, 1.807) is 24.3 Å². The van der Waals surface area contributed by atoms with Crippen LogP contribution in [-0.2, 0) is 4.79 Å². The van der Waals surface area contributed by atoms with E-state index >= 15 is 0 Å². The molecule has 1 aromatic rings. The predicted molar refractivity (Wildman–Crippen MR) is 109 cm³/mol. The summed E-state index contributed by atoms with van der Waals surface area (Å²) in [5.41, 5.74) is 0.532. The molecule has 0 spiro atoms. The van der Waals surface area contributed by atoms with Crippen LogP contribution >= 0.6 is 11.6 Å². The van der Waals surface area contributed by atoms with Gasteiger partial charge >= 0.3 is 0 Å². The molecule has 4 nitrogen and oxygen atoms in total. The molecule has 5 aliphatic rings. The highest BCUT2D eigenvalue weighted by atomic mass is 35.5. The number of rotatable bonds is 4. The van der Waals surface area contributed by atoms with Crippen LogP contribution in [0.4, 0.5) is 0 Å². The highest BCUT2D eigenvalue weighted by Crippen LogP contribution is 2.61. The van der Waals surface area contributed by atoms with Gasteiger partial charge in [0, 0.05) is 29.1 Å². The molecule has 2 amide bonds. The van der Waals surface area contributed by atoms with Gasteiger partial charge in [0.15, 0.2) is 0 Å². The van der Waals surface area contributed by atoms with Crippen molar-refractivity contribution in [1.29, 1.82) is 0 Å². The summed E-state index contributed by atoms with van der Waals surface area (Å²) in [5.74, 6) is 2.24. The van der Waals surface area contributed by atoms with E-state index in [1.807, 2.05) is 4.90 Å². The number of halogens is 1. The van der Waals surface area contributed by atoms with Gasteiger partial charge in [0.05, 0.1) is 0 Å². The molecule has 5 heteroatoms. The number of carbonyl (C=O) groups is 2. The molecular weight excluding hydrogens is 372 g/mol. The molecule has 4 bridgehead atoms. The van der Waals surface area contributed by atoms with Gasteiger partial charge in [-0.15, -0.1) is 0 Å². The summed E-state index contributed by atoms with van der Waals surface area (Å²) in [7, 11) is 0. The van der Waals surface area contributed by atoms with Crippen LogP contribution in [0.3, 0.4) is 0 Å². The molecule has 1 aromatic carbocycles. The van der Waals surface area contributed by atoms with E-state index in [1.165, 1.54) is 19.3 Å². The molecule has 1 heterocycles. The Morgan fingerprint density at radius 2 is 1.50 bits per heavy atom. The minimum Gasteiger partial charge on any atom is -0.341 e. The van der Waals surface area contributed by atoms with Crippen molar-refractivity contribution in [3.63, 3.8) is 0 Å². The molecule has 1 saturated heterocycles. The van der Waals surface area contributed by atoms with E-state index in [4.69, 9.17) is 11.6 Å². The van der Waals surface area contributed by atoms with E-state index in [0.717, 1.165) is 62.9 Å². The van der Waals surface area contributed by atoms with Gasteiger partial charge in [-0.1, -0.05) is 11.6 Å². The van der Waals surface area contributed by atoms with Gasteiger partial charge in [0.25, 0.3) is 5.91 Å². The third kappa shape index (κ3) is 3.24. The Kier molecular flexibility index (Phi) is 4.65. The maximum Gasteiger partial charge on any atom is 0.251 e. The fourth-order valence-corrected chi connectivity index (χ4v) is 7.07. The second-order valence-corrected chi connectivity index (χ2v) is 10.2. The maximum atomic E-state index is 13.6. The second kappa shape index (κ2) is 7.05. The first-order valence-corrected chi connectivity index (χ1v) is 11.3. The smallest absolute Gasteiger partial charge is 0.251 e. The zero-order valence-corrected chi connectivity index (χ0v) is 17.1. The summed E-state index contributed by atoms with van der Waals surface area (Å²) < 4.78 is 0. The molecule has 4 aliphatic carbocycles. The van der Waals surface area contributed by atoms with Crippen LogP contribution in [0.1, 0.15) is 61.7 Å². The Labute approximate surface area is 172 Å². The Bertz CT molecular complexity index is 734. The molecular formula is C23H29ClN2O2. The van der Waals surface area contributed by atoms with Gasteiger partial charge in [0.1, 0.15) is 6.04 Å². The minimum atomic E-state index is -0.387. The Balaban J connectivity index is 1.44. The number of likely N-dealkylation sites (tertiary alicyclic amines) is 1. The van der Waals surface area contributed by atoms with Crippen LogP contribution in [0.5, 0.6) is 0 Å². The fourth-order valence-electron chi connectivity index (χ4n) is 6.94. The molecule has 150 valence electrons. The van der Waals surface area contributed by atoms with Gasteiger partial charge in [-0.2, -0.15) is 0 Å². The van der Waals surface area contributed by atoms with E-state index < -0.39 is 0 Å². The lowest BCUT2D eigenvalue weighted by Crippen LogP contribution is -2.62. The predicted octanol–water partition coefficient (Wildman–Crippen LogP) is 4.28. The molecule has 1 aliphatic heterocycles. The molecule has 1 unspecified atom stereocenters. The molecule has 6 rings (SSSR count). The summed E-state index contributed by atoms with van der Waals surface area (Å²) in [6, 6.07) is 6.57. The highest BCUT2D eigenvalue weighted by Gasteiger charge is 2.57. The SMILES string of the molecule is O=C(NC(C(=O)N1CCCC1)C12CC3CC(CC(C3)C1)C2)c1ccc(Cl)cc1. The minimum absolute atomic E-state index is 0.0451. The average Bonchev–Trinajstić information content (AvgIpc) is 3.19. The summed E-state index contributed by atoms with van der Waals surface area (Å²) in [5, 5.41) is 3.83.